The van der Waals surface area contributed by atoms with Gasteiger partial charge in [0.2, 0.25) is 0 Å². The molecule has 4 rings (SSSR count). The molecule has 3 aromatic rings. The van der Waals surface area contributed by atoms with Crippen LogP contribution >= 0.6 is 0 Å². The topological polar surface area (TPSA) is 69.0 Å². The number of rotatable bonds is 5. The molecule has 0 saturated carbocycles. The van der Waals surface area contributed by atoms with Gasteiger partial charge in [0.05, 0.1) is 7.11 Å². The van der Waals surface area contributed by atoms with Crippen molar-refractivity contribution in [3.8, 4) is 5.75 Å². The van der Waals surface area contributed by atoms with Crippen molar-refractivity contribution >= 4 is 34.6 Å². The van der Waals surface area contributed by atoms with Crippen LogP contribution < -0.4 is 9.64 Å². The Kier molecular flexibility index (Phi) is 5.08. The molecular weight excluding hydrogens is 370 g/mol. The summed E-state index contributed by atoms with van der Waals surface area (Å²) >= 11 is 0. The number of carbonyl (C=O) groups is 2. The van der Waals surface area contributed by atoms with E-state index in [0.717, 1.165) is 23.1 Å². The number of benzene rings is 2. The SMILES string of the molecule is COc1cccc2cc(/C=C/C(=O)OCC(=O)N3c4ccccc4CC3C)oc12. The van der Waals surface area contributed by atoms with Crippen LogP contribution in [0.5, 0.6) is 5.75 Å². The van der Waals surface area contributed by atoms with Gasteiger partial charge in [-0.15, -0.1) is 0 Å². The fraction of sp³-hybridized carbons (Fsp3) is 0.217. The largest absolute Gasteiger partial charge is 0.493 e. The minimum Gasteiger partial charge on any atom is -0.493 e. The average Bonchev–Trinajstić information content (AvgIpc) is 3.29. The second kappa shape index (κ2) is 7.83. The van der Waals surface area contributed by atoms with Crippen molar-refractivity contribution in [1.29, 1.82) is 0 Å². The number of hydrogen-bond donors (Lipinski definition) is 0. The first-order chi connectivity index (χ1) is 14.1. The second-order valence-corrected chi connectivity index (χ2v) is 6.91. The molecule has 1 amide bonds. The fourth-order valence-corrected chi connectivity index (χ4v) is 3.65. The second-order valence-electron chi connectivity index (χ2n) is 6.91. The predicted octanol–water partition coefficient (Wildman–Crippen LogP) is 3.98. The molecule has 1 aromatic heterocycles. The van der Waals surface area contributed by atoms with Gasteiger partial charge in [-0.2, -0.15) is 0 Å². The van der Waals surface area contributed by atoms with Gasteiger partial charge in [-0.1, -0.05) is 30.3 Å². The van der Waals surface area contributed by atoms with Crippen LogP contribution in [0.15, 0.2) is 59.0 Å². The minimum atomic E-state index is -0.606. The maximum Gasteiger partial charge on any atom is 0.331 e. The zero-order valence-electron chi connectivity index (χ0n) is 16.3. The number of anilines is 1. The number of methoxy groups -OCH3 is 1. The van der Waals surface area contributed by atoms with Gasteiger partial charge in [0.15, 0.2) is 17.9 Å². The third-order valence-electron chi connectivity index (χ3n) is 4.94. The zero-order valence-corrected chi connectivity index (χ0v) is 16.3. The number of carbonyl (C=O) groups excluding carboxylic acids is 2. The summed E-state index contributed by atoms with van der Waals surface area (Å²) in [6.45, 7) is 1.67. The first-order valence-electron chi connectivity index (χ1n) is 9.38. The molecule has 0 bridgehead atoms. The average molecular weight is 391 g/mol. The highest BCUT2D eigenvalue weighted by atomic mass is 16.5. The Morgan fingerprint density at radius 1 is 1.21 bits per heavy atom. The molecule has 0 N–H and O–H groups in total. The highest BCUT2D eigenvalue weighted by Crippen LogP contribution is 2.32. The van der Waals surface area contributed by atoms with Crippen molar-refractivity contribution in [2.45, 2.75) is 19.4 Å². The highest BCUT2D eigenvalue weighted by Gasteiger charge is 2.30. The van der Waals surface area contributed by atoms with Gasteiger partial charge >= 0.3 is 5.97 Å². The predicted molar refractivity (Wildman–Crippen MR) is 110 cm³/mol. The molecule has 0 spiro atoms. The summed E-state index contributed by atoms with van der Waals surface area (Å²) < 4.78 is 16.1. The third kappa shape index (κ3) is 3.74. The molecule has 148 valence electrons. The Labute approximate surface area is 168 Å². The molecule has 0 radical (unpaired) electrons. The normalized spacial score (nSPS) is 15.7. The van der Waals surface area contributed by atoms with Crippen LogP contribution in [-0.4, -0.2) is 31.6 Å². The van der Waals surface area contributed by atoms with E-state index < -0.39 is 5.97 Å². The Morgan fingerprint density at radius 2 is 2.03 bits per heavy atom. The summed E-state index contributed by atoms with van der Waals surface area (Å²) in [6, 6.07) is 15.2. The van der Waals surface area contributed by atoms with E-state index >= 15 is 0 Å². The van der Waals surface area contributed by atoms with E-state index in [-0.39, 0.29) is 18.6 Å². The van der Waals surface area contributed by atoms with Crippen LogP contribution in [0.3, 0.4) is 0 Å². The Bertz CT molecular complexity index is 1100. The number of esters is 1. The van der Waals surface area contributed by atoms with Crippen LogP contribution in [0, 0.1) is 0 Å². The summed E-state index contributed by atoms with van der Waals surface area (Å²) in [7, 11) is 1.57. The van der Waals surface area contributed by atoms with Crippen LogP contribution in [0.2, 0.25) is 0 Å². The van der Waals surface area contributed by atoms with Crippen molar-refractivity contribution in [3.63, 3.8) is 0 Å². The molecule has 0 aliphatic carbocycles. The molecule has 1 aliphatic rings. The van der Waals surface area contributed by atoms with E-state index in [0.29, 0.717) is 17.1 Å². The maximum absolute atomic E-state index is 12.6. The number of nitrogens with zero attached hydrogens (tertiary/aromatic N) is 1. The fourth-order valence-electron chi connectivity index (χ4n) is 3.65. The number of fused-ring (bicyclic) bond motifs is 2. The maximum atomic E-state index is 12.6. The summed E-state index contributed by atoms with van der Waals surface area (Å²) in [5, 5.41) is 0.870. The lowest BCUT2D eigenvalue weighted by Gasteiger charge is -2.22. The molecule has 6 nitrogen and oxygen atoms in total. The lowest BCUT2D eigenvalue weighted by Crippen LogP contribution is -2.38. The van der Waals surface area contributed by atoms with Crippen molar-refractivity contribution < 1.29 is 23.5 Å². The number of ether oxygens (including phenoxy) is 2. The standard InChI is InChI=1S/C23H21NO5/c1-15-12-16-6-3-4-8-19(16)24(15)21(25)14-28-22(26)11-10-18-13-17-7-5-9-20(27-2)23(17)29-18/h3-11,13,15H,12,14H2,1-2H3/b11-10+. The van der Waals surface area contributed by atoms with E-state index in [9.17, 15) is 9.59 Å². The Morgan fingerprint density at radius 3 is 2.86 bits per heavy atom. The molecule has 0 saturated heterocycles. The molecule has 1 atom stereocenters. The van der Waals surface area contributed by atoms with Crippen LogP contribution in [0.25, 0.3) is 17.0 Å². The number of amides is 1. The van der Waals surface area contributed by atoms with E-state index in [1.165, 1.54) is 12.2 Å². The molecule has 29 heavy (non-hydrogen) atoms. The summed E-state index contributed by atoms with van der Waals surface area (Å²) in [4.78, 5) is 26.3. The summed E-state index contributed by atoms with van der Waals surface area (Å²) in [5.74, 6) is 0.272. The van der Waals surface area contributed by atoms with Gasteiger partial charge in [0.1, 0.15) is 5.76 Å². The van der Waals surface area contributed by atoms with E-state index in [1.54, 1.807) is 24.1 Å². The summed E-state index contributed by atoms with van der Waals surface area (Å²) in [5.41, 5.74) is 2.62. The van der Waals surface area contributed by atoms with Gasteiger partial charge in [-0.25, -0.2) is 4.79 Å². The molecule has 2 heterocycles. The molecule has 1 aliphatic heterocycles. The highest BCUT2D eigenvalue weighted by molar-refractivity contribution is 5.98. The summed E-state index contributed by atoms with van der Waals surface area (Å²) in [6.07, 6.45) is 3.56. The van der Waals surface area contributed by atoms with Gasteiger partial charge in [0.25, 0.3) is 5.91 Å². The smallest absolute Gasteiger partial charge is 0.331 e. The number of furan rings is 1. The third-order valence-corrected chi connectivity index (χ3v) is 4.94. The Balaban J connectivity index is 1.38. The molecule has 1 unspecified atom stereocenters. The van der Waals surface area contributed by atoms with Crippen molar-refractivity contribution in [1.82, 2.24) is 0 Å². The number of hydrogen-bond acceptors (Lipinski definition) is 5. The van der Waals surface area contributed by atoms with Gasteiger partial charge in [0, 0.05) is 23.2 Å². The van der Waals surface area contributed by atoms with Gasteiger partial charge in [-0.3, -0.25) is 4.79 Å². The van der Waals surface area contributed by atoms with Crippen molar-refractivity contribution in [2.24, 2.45) is 0 Å². The lowest BCUT2D eigenvalue weighted by molar-refractivity contribution is -0.143. The zero-order chi connectivity index (χ0) is 20.4. The lowest BCUT2D eigenvalue weighted by atomic mass is 10.1. The van der Waals surface area contributed by atoms with E-state index in [4.69, 9.17) is 13.9 Å². The van der Waals surface area contributed by atoms with Crippen molar-refractivity contribution in [3.05, 3.63) is 65.9 Å². The van der Waals surface area contributed by atoms with Gasteiger partial charge in [-0.05, 0) is 43.2 Å². The molecule has 6 heteroatoms. The van der Waals surface area contributed by atoms with Gasteiger partial charge < -0.3 is 18.8 Å². The van der Waals surface area contributed by atoms with E-state index in [2.05, 4.69) is 0 Å². The first kappa shape index (κ1) is 18.8. The van der Waals surface area contributed by atoms with Crippen LogP contribution in [0.1, 0.15) is 18.2 Å². The van der Waals surface area contributed by atoms with E-state index in [1.807, 2.05) is 43.3 Å². The quantitative estimate of drug-likeness (QED) is 0.486. The Hall–Kier alpha value is -3.54. The first-order valence-corrected chi connectivity index (χ1v) is 9.38. The van der Waals surface area contributed by atoms with Crippen LogP contribution in [-0.2, 0) is 20.7 Å². The molecular formula is C23H21NO5. The minimum absolute atomic E-state index is 0.0414. The molecule has 0 fully saturated rings. The van der Waals surface area contributed by atoms with Crippen LogP contribution in [0.4, 0.5) is 5.69 Å². The van der Waals surface area contributed by atoms with Crippen molar-refractivity contribution in [2.75, 3.05) is 18.6 Å². The molecule has 2 aromatic carbocycles. The number of para-hydroxylation sites is 2. The monoisotopic (exact) mass is 391 g/mol.